The van der Waals surface area contributed by atoms with E-state index in [4.69, 9.17) is 10.5 Å². The molecule has 3 atom stereocenters. The number of hydrogen-bond acceptors (Lipinski definition) is 3. The molecule has 2 N–H and O–H groups in total. The largest absolute Gasteiger partial charge is 0.444 e. The third-order valence-electron chi connectivity index (χ3n) is 4.09. The van der Waals surface area contributed by atoms with Gasteiger partial charge in [-0.1, -0.05) is 0 Å². The minimum atomic E-state index is -0.407. The highest BCUT2D eigenvalue weighted by molar-refractivity contribution is 5.68. The van der Waals surface area contributed by atoms with Gasteiger partial charge >= 0.3 is 6.09 Å². The molecule has 1 amide bonds. The number of carbonyl (C=O) groups is 1. The predicted molar refractivity (Wildman–Crippen MR) is 71.2 cm³/mol. The smallest absolute Gasteiger partial charge is 0.410 e. The Morgan fingerprint density at radius 3 is 2.72 bits per heavy atom. The van der Waals surface area contributed by atoms with E-state index in [9.17, 15) is 4.79 Å². The molecule has 0 spiro atoms. The van der Waals surface area contributed by atoms with Gasteiger partial charge in [-0.05, 0) is 64.8 Å². The molecule has 2 fully saturated rings. The van der Waals surface area contributed by atoms with Gasteiger partial charge in [0.05, 0.1) is 0 Å². The Kier molecular flexibility index (Phi) is 3.85. The second-order valence-corrected chi connectivity index (χ2v) is 6.72. The van der Waals surface area contributed by atoms with Crippen LogP contribution in [0.4, 0.5) is 4.79 Å². The van der Waals surface area contributed by atoms with Crippen molar-refractivity contribution in [3.8, 4) is 0 Å². The second kappa shape index (κ2) is 5.08. The van der Waals surface area contributed by atoms with Crippen molar-refractivity contribution in [2.24, 2.45) is 17.6 Å². The lowest BCUT2D eigenvalue weighted by molar-refractivity contribution is 0.00420. The molecule has 4 nitrogen and oxygen atoms in total. The molecule has 1 aliphatic heterocycles. The number of amides is 1. The van der Waals surface area contributed by atoms with Gasteiger partial charge in [0.1, 0.15) is 5.60 Å². The van der Waals surface area contributed by atoms with Gasteiger partial charge in [-0.15, -0.1) is 0 Å². The highest BCUT2D eigenvalue weighted by atomic mass is 16.6. The zero-order chi connectivity index (χ0) is 13.3. The topological polar surface area (TPSA) is 55.6 Å². The Hall–Kier alpha value is -0.770. The number of ether oxygens (including phenoxy) is 1. The van der Waals surface area contributed by atoms with E-state index in [0.717, 1.165) is 25.9 Å². The average Bonchev–Trinajstić information content (AvgIpc) is 2.68. The van der Waals surface area contributed by atoms with Crippen LogP contribution in [0.3, 0.4) is 0 Å². The molecule has 0 bridgehead atoms. The van der Waals surface area contributed by atoms with Crippen molar-refractivity contribution < 1.29 is 9.53 Å². The van der Waals surface area contributed by atoms with E-state index in [1.54, 1.807) is 0 Å². The average molecular weight is 254 g/mol. The summed E-state index contributed by atoms with van der Waals surface area (Å²) in [5.41, 5.74) is 5.37. The number of nitrogens with zero attached hydrogens (tertiary/aromatic N) is 1. The number of likely N-dealkylation sites (tertiary alicyclic amines) is 1. The van der Waals surface area contributed by atoms with Crippen LogP contribution in [-0.4, -0.2) is 35.7 Å². The lowest BCUT2D eigenvalue weighted by Gasteiger charge is -2.38. The van der Waals surface area contributed by atoms with Crippen LogP contribution in [0.1, 0.15) is 46.5 Å². The normalized spacial score (nSPS) is 32.2. The number of piperidine rings is 1. The zero-order valence-corrected chi connectivity index (χ0v) is 11.8. The number of hydrogen-bond donors (Lipinski definition) is 1. The molecule has 0 radical (unpaired) electrons. The maximum absolute atomic E-state index is 12.2. The van der Waals surface area contributed by atoms with E-state index in [0.29, 0.717) is 17.9 Å². The van der Waals surface area contributed by atoms with E-state index >= 15 is 0 Å². The molecule has 104 valence electrons. The van der Waals surface area contributed by atoms with Crippen LogP contribution in [0.5, 0.6) is 0 Å². The maximum Gasteiger partial charge on any atom is 0.410 e. The lowest BCUT2D eigenvalue weighted by atomic mass is 9.92. The summed E-state index contributed by atoms with van der Waals surface area (Å²) in [4.78, 5) is 14.2. The molecule has 0 aromatic rings. The van der Waals surface area contributed by atoms with Gasteiger partial charge in [0.2, 0.25) is 0 Å². The first-order chi connectivity index (χ1) is 8.40. The molecule has 2 rings (SSSR count). The summed E-state index contributed by atoms with van der Waals surface area (Å²) >= 11 is 0. The van der Waals surface area contributed by atoms with Gasteiger partial charge in [0.15, 0.2) is 0 Å². The van der Waals surface area contributed by atoms with E-state index in [2.05, 4.69) is 0 Å². The maximum atomic E-state index is 12.2. The molecular formula is C14H26N2O2. The molecule has 0 aromatic carbocycles. The summed E-state index contributed by atoms with van der Waals surface area (Å²) in [7, 11) is 0. The van der Waals surface area contributed by atoms with Gasteiger partial charge in [0, 0.05) is 12.6 Å². The fourth-order valence-corrected chi connectivity index (χ4v) is 3.34. The third-order valence-corrected chi connectivity index (χ3v) is 4.09. The SMILES string of the molecule is CC(C)(C)OC(=O)N1CCCC2CC(CN)CC21. The highest BCUT2D eigenvalue weighted by Crippen LogP contribution is 2.40. The number of carbonyl (C=O) groups excluding carboxylic acids is 1. The lowest BCUT2D eigenvalue weighted by Crippen LogP contribution is -2.48. The van der Waals surface area contributed by atoms with Crippen molar-refractivity contribution >= 4 is 6.09 Å². The molecular weight excluding hydrogens is 228 g/mol. The number of nitrogens with two attached hydrogens (primary N) is 1. The molecule has 2 aliphatic rings. The van der Waals surface area contributed by atoms with Crippen LogP contribution in [0.25, 0.3) is 0 Å². The second-order valence-electron chi connectivity index (χ2n) is 6.72. The van der Waals surface area contributed by atoms with Crippen LogP contribution in [-0.2, 0) is 4.74 Å². The Balaban J connectivity index is 2.02. The Morgan fingerprint density at radius 2 is 2.11 bits per heavy atom. The van der Waals surface area contributed by atoms with Gasteiger partial charge < -0.3 is 15.4 Å². The van der Waals surface area contributed by atoms with E-state index in [-0.39, 0.29) is 6.09 Å². The van der Waals surface area contributed by atoms with Crippen LogP contribution in [0, 0.1) is 11.8 Å². The molecule has 1 heterocycles. The van der Waals surface area contributed by atoms with Crippen molar-refractivity contribution in [2.45, 2.75) is 58.1 Å². The van der Waals surface area contributed by atoms with Crippen LogP contribution < -0.4 is 5.73 Å². The Morgan fingerprint density at radius 1 is 1.39 bits per heavy atom. The summed E-state index contributed by atoms with van der Waals surface area (Å²) in [6, 6.07) is 0.363. The monoisotopic (exact) mass is 254 g/mol. The third kappa shape index (κ3) is 2.97. The van der Waals surface area contributed by atoms with E-state index in [1.807, 2.05) is 25.7 Å². The van der Waals surface area contributed by atoms with Crippen molar-refractivity contribution in [3.63, 3.8) is 0 Å². The quantitative estimate of drug-likeness (QED) is 0.781. The minimum Gasteiger partial charge on any atom is -0.444 e. The van der Waals surface area contributed by atoms with Gasteiger partial charge in [-0.3, -0.25) is 0 Å². The molecule has 0 aromatic heterocycles. The van der Waals surface area contributed by atoms with E-state index in [1.165, 1.54) is 12.8 Å². The van der Waals surface area contributed by atoms with Gasteiger partial charge in [-0.25, -0.2) is 4.79 Å². The minimum absolute atomic E-state index is 0.144. The highest BCUT2D eigenvalue weighted by Gasteiger charge is 2.42. The first-order valence-corrected chi connectivity index (χ1v) is 7.10. The molecule has 1 aliphatic carbocycles. The molecule has 1 saturated carbocycles. The van der Waals surface area contributed by atoms with Crippen LogP contribution in [0.15, 0.2) is 0 Å². The summed E-state index contributed by atoms with van der Waals surface area (Å²) in [5.74, 6) is 1.22. The van der Waals surface area contributed by atoms with Crippen molar-refractivity contribution in [3.05, 3.63) is 0 Å². The Labute approximate surface area is 110 Å². The molecule has 3 unspecified atom stereocenters. The standard InChI is InChI=1S/C14H26N2O2/c1-14(2,3)18-13(17)16-6-4-5-11-7-10(9-15)8-12(11)16/h10-12H,4-9,15H2,1-3H3. The van der Waals surface area contributed by atoms with Crippen LogP contribution >= 0.6 is 0 Å². The summed E-state index contributed by atoms with van der Waals surface area (Å²) in [6.45, 7) is 7.35. The number of fused-ring (bicyclic) bond motifs is 1. The first-order valence-electron chi connectivity index (χ1n) is 7.10. The van der Waals surface area contributed by atoms with E-state index < -0.39 is 5.60 Å². The first kappa shape index (κ1) is 13.7. The summed E-state index contributed by atoms with van der Waals surface area (Å²) in [6.07, 6.45) is 4.42. The zero-order valence-electron chi connectivity index (χ0n) is 11.8. The molecule has 18 heavy (non-hydrogen) atoms. The number of rotatable bonds is 1. The van der Waals surface area contributed by atoms with Gasteiger partial charge in [0.25, 0.3) is 0 Å². The van der Waals surface area contributed by atoms with Crippen molar-refractivity contribution in [1.82, 2.24) is 4.90 Å². The predicted octanol–water partition coefficient (Wildman–Crippen LogP) is 2.37. The fourth-order valence-electron chi connectivity index (χ4n) is 3.34. The van der Waals surface area contributed by atoms with Gasteiger partial charge in [-0.2, -0.15) is 0 Å². The Bertz CT molecular complexity index is 311. The van der Waals surface area contributed by atoms with Crippen molar-refractivity contribution in [2.75, 3.05) is 13.1 Å². The van der Waals surface area contributed by atoms with Crippen LogP contribution in [0.2, 0.25) is 0 Å². The summed E-state index contributed by atoms with van der Waals surface area (Å²) in [5, 5.41) is 0. The molecule has 4 heteroatoms. The fraction of sp³-hybridized carbons (Fsp3) is 0.929. The summed E-state index contributed by atoms with van der Waals surface area (Å²) < 4.78 is 5.51. The van der Waals surface area contributed by atoms with Crippen molar-refractivity contribution in [1.29, 1.82) is 0 Å². The molecule has 1 saturated heterocycles.